The van der Waals surface area contributed by atoms with Gasteiger partial charge in [0.15, 0.2) is 0 Å². The Hall–Kier alpha value is -2.21. The number of hydrogen-bond acceptors (Lipinski definition) is 3. The van der Waals surface area contributed by atoms with Gasteiger partial charge >= 0.3 is 0 Å². The maximum absolute atomic E-state index is 14.1. The molecule has 0 N–H and O–H groups in total. The molecule has 2 heterocycles. The quantitative estimate of drug-likeness (QED) is 0.588. The van der Waals surface area contributed by atoms with Gasteiger partial charge < -0.3 is 9.64 Å². The van der Waals surface area contributed by atoms with E-state index in [0.717, 1.165) is 35.8 Å². The van der Waals surface area contributed by atoms with Crippen molar-refractivity contribution in [3.8, 4) is 5.75 Å². The first-order chi connectivity index (χ1) is 13.1. The number of anilines is 1. The van der Waals surface area contributed by atoms with Gasteiger partial charge in [0.2, 0.25) is 0 Å². The normalized spacial score (nSPS) is 16.1. The second kappa shape index (κ2) is 7.80. The van der Waals surface area contributed by atoms with Gasteiger partial charge in [0.05, 0.1) is 5.69 Å². The summed E-state index contributed by atoms with van der Waals surface area (Å²) >= 11 is 3.28. The molecule has 0 bridgehead atoms. The van der Waals surface area contributed by atoms with Crippen LogP contribution in [-0.4, -0.2) is 25.9 Å². The molecule has 0 unspecified atom stereocenters. The van der Waals surface area contributed by atoms with Crippen LogP contribution in [-0.2, 0) is 6.42 Å². The molecule has 0 aromatic heterocycles. The molecule has 0 spiro atoms. The van der Waals surface area contributed by atoms with Gasteiger partial charge in [0, 0.05) is 29.3 Å². The predicted octanol–water partition coefficient (Wildman–Crippen LogP) is 5.59. The lowest BCUT2D eigenvalue weighted by molar-refractivity contribution is 0.341. The summed E-state index contributed by atoms with van der Waals surface area (Å²) < 4.78 is 34.7. The van der Waals surface area contributed by atoms with Crippen molar-refractivity contribution in [1.82, 2.24) is 0 Å². The standard InChI is InChI=1S/C21H19BrF2N2O/c22-15-3-5-19(18(24)12-15)26-10-7-14(8-11-26)13-27-20-6-4-17(23)21-16(20)2-1-9-25-21/h3-7,9,12H,1-2,8,10-11,13H2. The molecule has 27 heavy (non-hydrogen) atoms. The zero-order valence-corrected chi connectivity index (χ0v) is 16.3. The number of halogens is 3. The highest BCUT2D eigenvalue weighted by molar-refractivity contribution is 9.10. The van der Waals surface area contributed by atoms with Crippen molar-refractivity contribution < 1.29 is 13.5 Å². The van der Waals surface area contributed by atoms with E-state index in [9.17, 15) is 8.78 Å². The fourth-order valence-electron chi connectivity index (χ4n) is 3.44. The largest absolute Gasteiger partial charge is 0.489 e. The van der Waals surface area contributed by atoms with E-state index >= 15 is 0 Å². The predicted molar refractivity (Wildman–Crippen MR) is 107 cm³/mol. The number of ether oxygens (including phenoxy) is 1. The Bertz CT molecular complexity index is 927. The summed E-state index contributed by atoms with van der Waals surface area (Å²) in [5.74, 6) is 0.166. The summed E-state index contributed by atoms with van der Waals surface area (Å²) in [6.07, 6.45) is 6.16. The Morgan fingerprint density at radius 2 is 2.00 bits per heavy atom. The van der Waals surface area contributed by atoms with Crippen molar-refractivity contribution in [2.45, 2.75) is 19.3 Å². The zero-order chi connectivity index (χ0) is 18.8. The van der Waals surface area contributed by atoms with Gasteiger partial charge in [0.1, 0.15) is 29.7 Å². The molecule has 2 aromatic carbocycles. The minimum Gasteiger partial charge on any atom is -0.489 e. The lowest BCUT2D eigenvalue weighted by atomic mass is 10.0. The monoisotopic (exact) mass is 432 g/mol. The maximum atomic E-state index is 14.1. The Morgan fingerprint density at radius 1 is 1.11 bits per heavy atom. The summed E-state index contributed by atoms with van der Waals surface area (Å²) in [4.78, 5) is 6.18. The van der Waals surface area contributed by atoms with Crippen LogP contribution < -0.4 is 9.64 Å². The van der Waals surface area contributed by atoms with E-state index in [-0.39, 0.29) is 11.6 Å². The van der Waals surface area contributed by atoms with Crippen LogP contribution in [0.25, 0.3) is 0 Å². The Labute approximate surface area is 165 Å². The third-order valence-electron chi connectivity index (χ3n) is 4.90. The molecule has 2 aliphatic rings. The Kier molecular flexibility index (Phi) is 5.25. The molecule has 0 aliphatic carbocycles. The van der Waals surface area contributed by atoms with Crippen LogP contribution in [0.1, 0.15) is 18.4 Å². The van der Waals surface area contributed by atoms with E-state index in [0.29, 0.717) is 30.3 Å². The molecule has 4 rings (SSSR count). The number of hydrogen-bond donors (Lipinski definition) is 0. The molecule has 0 amide bonds. The summed E-state index contributed by atoms with van der Waals surface area (Å²) in [5.41, 5.74) is 3.02. The van der Waals surface area contributed by atoms with Crippen LogP contribution in [0.15, 0.2) is 51.4 Å². The fourth-order valence-corrected chi connectivity index (χ4v) is 3.77. The van der Waals surface area contributed by atoms with Crippen molar-refractivity contribution in [3.05, 3.63) is 63.7 Å². The van der Waals surface area contributed by atoms with Crippen LogP contribution in [0.2, 0.25) is 0 Å². The Morgan fingerprint density at radius 3 is 2.78 bits per heavy atom. The lowest BCUT2D eigenvalue weighted by Crippen LogP contribution is -2.30. The first kappa shape index (κ1) is 18.2. The van der Waals surface area contributed by atoms with Gasteiger partial charge in [-0.15, -0.1) is 0 Å². The second-order valence-electron chi connectivity index (χ2n) is 6.67. The number of fused-ring (bicyclic) bond motifs is 1. The lowest BCUT2D eigenvalue weighted by Gasteiger charge is -2.29. The molecule has 2 aromatic rings. The fraction of sp³-hybridized carbons (Fsp3) is 0.286. The molecule has 140 valence electrons. The van der Waals surface area contributed by atoms with Gasteiger partial charge in [-0.1, -0.05) is 22.0 Å². The molecule has 3 nitrogen and oxygen atoms in total. The molecule has 0 radical (unpaired) electrons. The average molecular weight is 433 g/mol. The SMILES string of the molecule is Fc1cc(Br)ccc1N1CC=C(COc2ccc(F)c3c2CCC=N3)CC1. The summed E-state index contributed by atoms with van der Waals surface area (Å²) in [5, 5.41) is 0. The van der Waals surface area contributed by atoms with E-state index in [2.05, 4.69) is 27.0 Å². The third-order valence-corrected chi connectivity index (χ3v) is 5.39. The van der Waals surface area contributed by atoms with Gasteiger partial charge in [-0.25, -0.2) is 8.78 Å². The molecule has 2 aliphatic heterocycles. The highest BCUT2D eigenvalue weighted by Crippen LogP contribution is 2.35. The smallest absolute Gasteiger partial charge is 0.149 e. The van der Waals surface area contributed by atoms with Crippen LogP contribution in [0.5, 0.6) is 5.75 Å². The van der Waals surface area contributed by atoms with E-state index in [1.54, 1.807) is 18.3 Å². The van der Waals surface area contributed by atoms with Crippen molar-refractivity contribution in [1.29, 1.82) is 0 Å². The summed E-state index contributed by atoms with van der Waals surface area (Å²) in [6.45, 7) is 1.83. The van der Waals surface area contributed by atoms with Crippen molar-refractivity contribution in [2.75, 3.05) is 24.6 Å². The number of rotatable bonds is 4. The van der Waals surface area contributed by atoms with E-state index in [4.69, 9.17) is 4.74 Å². The van der Waals surface area contributed by atoms with Gasteiger partial charge in [-0.05, 0) is 55.2 Å². The van der Waals surface area contributed by atoms with Crippen LogP contribution in [0.4, 0.5) is 20.2 Å². The minimum absolute atomic E-state index is 0.226. The molecular weight excluding hydrogens is 414 g/mol. The van der Waals surface area contributed by atoms with Gasteiger partial charge in [-0.2, -0.15) is 0 Å². The van der Waals surface area contributed by atoms with E-state index in [1.165, 1.54) is 17.7 Å². The highest BCUT2D eigenvalue weighted by atomic mass is 79.9. The first-order valence-electron chi connectivity index (χ1n) is 8.96. The van der Waals surface area contributed by atoms with Crippen molar-refractivity contribution in [3.63, 3.8) is 0 Å². The topological polar surface area (TPSA) is 24.8 Å². The summed E-state index contributed by atoms with van der Waals surface area (Å²) in [7, 11) is 0. The second-order valence-corrected chi connectivity index (χ2v) is 7.58. The molecule has 0 atom stereocenters. The first-order valence-corrected chi connectivity index (χ1v) is 9.76. The van der Waals surface area contributed by atoms with Gasteiger partial charge in [0.25, 0.3) is 0 Å². The minimum atomic E-state index is -0.308. The molecule has 0 saturated heterocycles. The Balaban J connectivity index is 1.42. The van der Waals surface area contributed by atoms with E-state index < -0.39 is 0 Å². The zero-order valence-electron chi connectivity index (χ0n) is 14.7. The summed E-state index contributed by atoms with van der Waals surface area (Å²) in [6, 6.07) is 8.21. The molecular formula is C21H19BrF2N2O. The average Bonchev–Trinajstić information content (AvgIpc) is 2.68. The van der Waals surface area contributed by atoms with Crippen molar-refractivity contribution >= 4 is 33.5 Å². The van der Waals surface area contributed by atoms with Crippen LogP contribution >= 0.6 is 15.9 Å². The van der Waals surface area contributed by atoms with Gasteiger partial charge in [-0.3, -0.25) is 4.99 Å². The molecule has 0 saturated carbocycles. The van der Waals surface area contributed by atoms with E-state index in [1.807, 2.05) is 11.0 Å². The third kappa shape index (κ3) is 3.90. The number of nitrogens with zero attached hydrogens (tertiary/aromatic N) is 2. The molecule has 6 heteroatoms. The number of benzene rings is 2. The number of aliphatic imine (C=N–C) groups is 1. The van der Waals surface area contributed by atoms with Crippen LogP contribution in [0.3, 0.4) is 0 Å². The van der Waals surface area contributed by atoms with Crippen LogP contribution in [0, 0.1) is 11.6 Å². The van der Waals surface area contributed by atoms with Crippen molar-refractivity contribution in [2.24, 2.45) is 4.99 Å². The maximum Gasteiger partial charge on any atom is 0.149 e. The molecule has 0 fully saturated rings. The highest BCUT2D eigenvalue weighted by Gasteiger charge is 2.19.